The van der Waals surface area contributed by atoms with Crippen molar-refractivity contribution in [1.82, 2.24) is 4.98 Å². The number of hydrogen-bond acceptors (Lipinski definition) is 4. The van der Waals surface area contributed by atoms with Gasteiger partial charge in [0, 0.05) is 16.5 Å². The molecule has 2 rings (SSSR count). The molecule has 0 radical (unpaired) electrons. The molecule has 0 bridgehead atoms. The quantitative estimate of drug-likeness (QED) is 0.820. The molecule has 1 aromatic rings. The molecule has 72 valence electrons. The van der Waals surface area contributed by atoms with E-state index < -0.39 is 0 Å². The summed E-state index contributed by atoms with van der Waals surface area (Å²) in [6.07, 6.45) is 1.25. The van der Waals surface area contributed by atoms with Crippen molar-refractivity contribution >= 4 is 23.1 Å². The Morgan fingerprint density at radius 1 is 1.62 bits per heavy atom. The molecule has 1 aliphatic heterocycles. The number of thiazole rings is 1. The smallest absolute Gasteiger partial charge is 0.119 e. The van der Waals surface area contributed by atoms with E-state index in [-0.39, 0.29) is 6.61 Å². The van der Waals surface area contributed by atoms with Crippen LogP contribution >= 0.6 is 23.1 Å². The molecule has 0 aliphatic carbocycles. The lowest BCUT2D eigenvalue weighted by Crippen LogP contribution is -1.98. The third kappa shape index (κ3) is 1.90. The molecule has 1 unspecified atom stereocenters. The van der Waals surface area contributed by atoms with Crippen LogP contribution in [-0.4, -0.2) is 21.6 Å². The Morgan fingerprint density at radius 3 is 3.00 bits per heavy atom. The molecule has 0 amide bonds. The average Bonchev–Trinajstić information content (AvgIpc) is 2.72. The summed E-state index contributed by atoms with van der Waals surface area (Å²) in [6.45, 7) is 2.19. The van der Waals surface area contributed by atoms with Gasteiger partial charge in [-0.15, -0.1) is 11.3 Å². The normalized spacial score (nSPS) is 22.5. The van der Waals surface area contributed by atoms with E-state index in [9.17, 15) is 0 Å². The minimum atomic E-state index is 0.0887. The van der Waals surface area contributed by atoms with Gasteiger partial charge < -0.3 is 5.11 Å². The predicted octanol–water partition coefficient (Wildman–Crippen LogP) is 2.16. The van der Waals surface area contributed by atoms with Crippen LogP contribution in [0, 0.1) is 6.92 Å². The third-order valence-electron chi connectivity index (χ3n) is 2.33. The lowest BCUT2D eigenvalue weighted by molar-refractivity contribution is 0.281. The van der Waals surface area contributed by atoms with Crippen molar-refractivity contribution in [2.75, 3.05) is 11.5 Å². The van der Waals surface area contributed by atoms with E-state index in [1.54, 1.807) is 11.3 Å². The van der Waals surface area contributed by atoms with Crippen LogP contribution in [0.2, 0.25) is 0 Å². The topological polar surface area (TPSA) is 33.1 Å². The minimum Gasteiger partial charge on any atom is -0.389 e. The molecule has 2 heterocycles. The van der Waals surface area contributed by atoms with E-state index in [1.807, 2.05) is 11.8 Å². The van der Waals surface area contributed by atoms with Gasteiger partial charge in [0.15, 0.2) is 0 Å². The second-order valence-corrected chi connectivity index (χ2v) is 5.71. The molecule has 1 N–H and O–H groups in total. The highest BCUT2D eigenvalue weighted by molar-refractivity contribution is 7.99. The van der Waals surface area contributed by atoms with Gasteiger partial charge in [-0.2, -0.15) is 11.8 Å². The molecule has 1 atom stereocenters. The summed E-state index contributed by atoms with van der Waals surface area (Å²) in [4.78, 5) is 5.75. The van der Waals surface area contributed by atoms with Crippen LogP contribution in [0.15, 0.2) is 0 Å². The fourth-order valence-electron chi connectivity index (χ4n) is 1.66. The summed E-state index contributed by atoms with van der Waals surface area (Å²) in [6, 6.07) is 0. The first-order valence-electron chi connectivity index (χ1n) is 4.46. The maximum absolute atomic E-state index is 8.96. The van der Waals surface area contributed by atoms with E-state index in [2.05, 4.69) is 11.9 Å². The molecule has 0 aromatic carbocycles. The molecule has 1 saturated heterocycles. The van der Waals surface area contributed by atoms with Gasteiger partial charge in [0.2, 0.25) is 0 Å². The highest BCUT2D eigenvalue weighted by Gasteiger charge is 2.22. The number of aromatic nitrogens is 1. The number of aliphatic hydroxyl groups is 1. The maximum Gasteiger partial charge on any atom is 0.119 e. The summed E-state index contributed by atoms with van der Waals surface area (Å²) in [5.74, 6) is 3.10. The molecule has 1 aromatic heterocycles. The molecule has 4 heteroatoms. The molecule has 0 saturated carbocycles. The molecule has 2 nitrogen and oxygen atoms in total. The fourth-order valence-corrected chi connectivity index (χ4v) is 3.77. The maximum atomic E-state index is 8.96. The largest absolute Gasteiger partial charge is 0.389 e. The number of rotatable bonds is 2. The second-order valence-electron chi connectivity index (χ2n) is 3.27. The van der Waals surface area contributed by atoms with Crippen molar-refractivity contribution < 1.29 is 5.11 Å². The Morgan fingerprint density at radius 2 is 2.46 bits per heavy atom. The van der Waals surface area contributed by atoms with Gasteiger partial charge in [0.25, 0.3) is 0 Å². The minimum absolute atomic E-state index is 0.0887. The first-order chi connectivity index (χ1) is 6.31. The molecule has 13 heavy (non-hydrogen) atoms. The van der Waals surface area contributed by atoms with Gasteiger partial charge in [-0.1, -0.05) is 0 Å². The van der Waals surface area contributed by atoms with Crippen molar-refractivity contribution in [3.05, 3.63) is 15.6 Å². The molecule has 0 spiro atoms. The summed E-state index contributed by atoms with van der Waals surface area (Å²) in [7, 11) is 0. The van der Waals surface area contributed by atoms with Gasteiger partial charge in [0.1, 0.15) is 5.01 Å². The number of hydrogen-bond donors (Lipinski definition) is 1. The van der Waals surface area contributed by atoms with Gasteiger partial charge in [-0.05, 0) is 19.1 Å². The Balaban J connectivity index is 2.22. The van der Waals surface area contributed by atoms with Gasteiger partial charge in [0.05, 0.1) is 12.3 Å². The Bertz CT molecular complexity index is 292. The van der Waals surface area contributed by atoms with Crippen LogP contribution in [0.3, 0.4) is 0 Å². The summed E-state index contributed by atoms with van der Waals surface area (Å²) in [5.41, 5.74) is 1.24. The highest BCUT2D eigenvalue weighted by atomic mass is 32.2. The average molecular weight is 215 g/mol. The number of aliphatic hydroxyl groups excluding tert-OH is 1. The van der Waals surface area contributed by atoms with Gasteiger partial charge in [-0.3, -0.25) is 0 Å². The Kier molecular flexibility index (Phi) is 2.91. The van der Waals surface area contributed by atoms with Crippen molar-refractivity contribution in [3.8, 4) is 0 Å². The molecule has 1 fully saturated rings. The summed E-state index contributed by atoms with van der Waals surface area (Å²) < 4.78 is 0. The zero-order valence-corrected chi connectivity index (χ0v) is 9.25. The van der Waals surface area contributed by atoms with Gasteiger partial charge in [-0.25, -0.2) is 4.98 Å². The van der Waals surface area contributed by atoms with E-state index in [4.69, 9.17) is 5.11 Å². The van der Waals surface area contributed by atoms with E-state index in [0.717, 1.165) is 5.01 Å². The lowest BCUT2D eigenvalue weighted by atomic mass is 10.0. The van der Waals surface area contributed by atoms with Crippen LogP contribution in [0.25, 0.3) is 0 Å². The molecular formula is C9H13NOS2. The van der Waals surface area contributed by atoms with Crippen LogP contribution < -0.4 is 0 Å². The van der Waals surface area contributed by atoms with E-state index >= 15 is 0 Å². The predicted molar refractivity (Wildman–Crippen MR) is 57.5 cm³/mol. The Hall–Kier alpha value is -0.0600. The summed E-state index contributed by atoms with van der Waals surface area (Å²) in [5, 5.41) is 9.83. The molecular weight excluding hydrogens is 202 g/mol. The summed E-state index contributed by atoms with van der Waals surface area (Å²) >= 11 is 3.64. The van der Waals surface area contributed by atoms with Crippen LogP contribution in [0.1, 0.15) is 27.9 Å². The van der Waals surface area contributed by atoms with Crippen LogP contribution in [0.4, 0.5) is 0 Å². The fraction of sp³-hybridized carbons (Fsp3) is 0.667. The van der Waals surface area contributed by atoms with E-state index in [0.29, 0.717) is 5.92 Å². The number of nitrogens with zero attached hydrogens (tertiary/aromatic N) is 1. The van der Waals surface area contributed by atoms with E-state index in [1.165, 1.54) is 28.5 Å². The first-order valence-corrected chi connectivity index (χ1v) is 6.43. The van der Waals surface area contributed by atoms with Crippen molar-refractivity contribution in [1.29, 1.82) is 0 Å². The monoisotopic (exact) mass is 215 g/mol. The van der Waals surface area contributed by atoms with Crippen molar-refractivity contribution in [2.24, 2.45) is 0 Å². The Labute approximate surface area is 86.4 Å². The second kappa shape index (κ2) is 3.98. The zero-order valence-electron chi connectivity index (χ0n) is 7.62. The van der Waals surface area contributed by atoms with Crippen molar-refractivity contribution in [3.63, 3.8) is 0 Å². The highest BCUT2D eigenvalue weighted by Crippen LogP contribution is 2.35. The SMILES string of the molecule is Cc1sc(CO)nc1C1CCSC1. The number of thioether (sulfide) groups is 1. The van der Waals surface area contributed by atoms with Crippen molar-refractivity contribution in [2.45, 2.75) is 25.9 Å². The van der Waals surface area contributed by atoms with Crippen LogP contribution in [-0.2, 0) is 6.61 Å². The van der Waals surface area contributed by atoms with Crippen LogP contribution in [0.5, 0.6) is 0 Å². The lowest BCUT2D eigenvalue weighted by Gasteiger charge is -2.04. The number of aryl methyl sites for hydroxylation is 1. The molecule has 1 aliphatic rings. The van der Waals surface area contributed by atoms with Gasteiger partial charge >= 0.3 is 0 Å². The zero-order chi connectivity index (χ0) is 9.26. The standard InChI is InChI=1S/C9H13NOS2/c1-6-9(7-2-3-12-5-7)10-8(4-11)13-6/h7,11H,2-5H2,1H3. The first kappa shape index (κ1) is 9.49. The third-order valence-corrected chi connectivity index (χ3v) is 4.46.